The first-order valence-electron chi connectivity index (χ1n) is 9.96. The molecule has 0 N–H and O–H groups in total. The highest BCUT2D eigenvalue weighted by Gasteiger charge is 2.38. The number of methoxy groups -OCH3 is 2. The molecule has 150 valence electrons. The van der Waals surface area contributed by atoms with Gasteiger partial charge in [0.15, 0.2) is 11.5 Å². The number of nitrogens with zero attached hydrogens (tertiary/aromatic N) is 1. The van der Waals surface area contributed by atoms with Crippen molar-refractivity contribution >= 4 is 5.78 Å². The van der Waals surface area contributed by atoms with Crippen LogP contribution in [0.15, 0.2) is 12.1 Å². The molecule has 1 aromatic rings. The highest BCUT2D eigenvalue weighted by atomic mass is 18.2. The van der Waals surface area contributed by atoms with E-state index in [2.05, 4.69) is 24.8 Å². The Kier molecular flexibility index (Phi) is 6.09. The van der Waals surface area contributed by atoms with Gasteiger partial charge in [-0.25, -0.2) is 0 Å². The zero-order chi connectivity index (χ0) is 19.6. The summed E-state index contributed by atoms with van der Waals surface area (Å²) in [6, 6.07) is 4.24. The molecule has 4 nitrogen and oxygen atoms in total. The molecule has 1 aromatic carbocycles. The van der Waals surface area contributed by atoms with Crippen molar-refractivity contribution in [3.63, 3.8) is 0 Å². The van der Waals surface area contributed by atoms with Crippen molar-refractivity contribution in [2.45, 2.75) is 52.0 Å². The second-order valence-corrected chi connectivity index (χ2v) is 8.68. The van der Waals surface area contributed by atoms with Gasteiger partial charge in [0.05, 0.1) is 20.9 Å². The van der Waals surface area contributed by atoms with E-state index in [1.165, 1.54) is 11.1 Å². The van der Waals surface area contributed by atoms with Gasteiger partial charge in [-0.1, -0.05) is 13.8 Å². The third-order valence-corrected chi connectivity index (χ3v) is 6.36. The molecule has 3 rings (SSSR count). The molecule has 0 radical (unpaired) electrons. The predicted molar refractivity (Wildman–Crippen MR) is 104 cm³/mol. The van der Waals surface area contributed by atoms with Crippen LogP contribution in [0.25, 0.3) is 0 Å². The molecule has 27 heavy (non-hydrogen) atoms. The van der Waals surface area contributed by atoms with Gasteiger partial charge in [0, 0.05) is 31.5 Å². The SMILES string of the molecule is COc1cc2c(cc1OC)[C@H]1CC(=O)[C@H](CCC(C)(C)CC[18F])CN1CC2. The van der Waals surface area contributed by atoms with Gasteiger partial charge < -0.3 is 9.47 Å². The monoisotopic (exact) mass is 376 g/mol. The van der Waals surface area contributed by atoms with E-state index in [4.69, 9.17) is 9.47 Å². The Bertz CT molecular complexity index is 688. The number of halogens is 1. The number of ether oxygens (including phenoxy) is 2. The smallest absolute Gasteiger partial charge is 0.161 e. The molecular formula is C22H32FNO3. The zero-order valence-corrected chi connectivity index (χ0v) is 17.0. The Morgan fingerprint density at radius 2 is 1.89 bits per heavy atom. The van der Waals surface area contributed by atoms with Crippen LogP contribution in [0.5, 0.6) is 11.5 Å². The Morgan fingerprint density at radius 1 is 1.19 bits per heavy atom. The number of rotatable bonds is 7. The Labute approximate surface area is 162 Å². The van der Waals surface area contributed by atoms with Gasteiger partial charge in [0.2, 0.25) is 0 Å². The summed E-state index contributed by atoms with van der Waals surface area (Å²) in [7, 11) is 3.30. The quantitative estimate of drug-likeness (QED) is 0.709. The standard InChI is InChI=1S/C22H32FNO3/c1-22(2,8-9-23)7-5-16-14-24-10-6-15-11-20(26-3)21(27-4)12-17(15)18(24)13-19(16)25/h11-12,16,18H,5-10,13-14H2,1-4H3/t16-,18-/m1/s1/i23-1. The molecule has 0 unspecified atom stereocenters. The second kappa shape index (κ2) is 8.17. The van der Waals surface area contributed by atoms with Crippen LogP contribution in [0, 0.1) is 11.3 Å². The van der Waals surface area contributed by atoms with Crippen molar-refractivity contribution in [2.24, 2.45) is 11.3 Å². The average molecular weight is 377 g/mol. The molecular weight excluding hydrogens is 344 g/mol. The summed E-state index contributed by atoms with van der Waals surface area (Å²) in [6.45, 7) is 5.68. The molecule has 2 heterocycles. The first-order valence-corrected chi connectivity index (χ1v) is 9.96. The van der Waals surface area contributed by atoms with Gasteiger partial charge >= 0.3 is 0 Å². The summed E-state index contributed by atoms with van der Waals surface area (Å²) < 4.78 is 23.6. The van der Waals surface area contributed by atoms with Gasteiger partial charge in [0.1, 0.15) is 5.78 Å². The summed E-state index contributed by atoms with van der Waals surface area (Å²) in [4.78, 5) is 15.3. The fourth-order valence-corrected chi connectivity index (χ4v) is 4.48. The van der Waals surface area contributed by atoms with Crippen molar-refractivity contribution in [2.75, 3.05) is 34.0 Å². The minimum Gasteiger partial charge on any atom is -0.493 e. The predicted octanol–water partition coefficient (Wildman–Crippen LogP) is 4.36. The first kappa shape index (κ1) is 20.1. The molecule has 2 atom stereocenters. The maximum absolute atomic E-state index is 12.9. The van der Waals surface area contributed by atoms with Crippen LogP contribution in [-0.4, -0.2) is 44.7 Å². The zero-order valence-electron chi connectivity index (χ0n) is 17.0. The highest BCUT2D eigenvalue weighted by molar-refractivity contribution is 5.83. The number of benzene rings is 1. The number of fused-ring (bicyclic) bond motifs is 3. The van der Waals surface area contributed by atoms with Crippen molar-refractivity contribution in [3.8, 4) is 11.5 Å². The molecule has 0 aromatic heterocycles. The van der Waals surface area contributed by atoms with Crippen molar-refractivity contribution in [1.82, 2.24) is 4.90 Å². The molecule has 2 aliphatic heterocycles. The number of hydrogen-bond acceptors (Lipinski definition) is 4. The van der Waals surface area contributed by atoms with Crippen LogP contribution >= 0.6 is 0 Å². The molecule has 0 amide bonds. The van der Waals surface area contributed by atoms with Crippen LogP contribution < -0.4 is 9.47 Å². The molecule has 0 bridgehead atoms. The van der Waals surface area contributed by atoms with Gasteiger partial charge in [-0.15, -0.1) is 0 Å². The number of carbonyl (C=O) groups excluding carboxylic acids is 1. The van der Waals surface area contributed by atoms with Crippen molar-refractivity contribution in [3.05, 3.63) is 23.3 Å². The van der Waals surface area contributed by atoms with E-state index in [0.29, 0.717) is 18.6 Å². The molecule has 0 aliphatic carbocycles. The van der Waals surface area contributed by atoms with Gasteiger partial charge in [-0.05, 0) is 54.4 Å². The number of ketones is 1. The molecule has 1 fully saturated rings. The maximum atomic E-state index is 12.9. The average Bonchev–Trinajstić information content (AvgIpc) is 2.65. The van der Waals surface area contributed by atoms with E-state index < -0.39 is 0 Å². The first-order chi connectivity index (χ1) is 12.9. The van der Waals surface area contributed by atoms with E-state index in [1.54, 1.807) is 14.2 Å². The van der Waals surface area contributed by atoms with Crippen LogP contribution in [-0.2, 0) is 11.2 Å². The van der Waals surface area contributed by atoms with Gasteiger partial charge in [-0.2, -0.15) is 0 Å². The summed E-state index contributed by atoms with van der Waals surface area (Å²) in [5.74, 6) is 1.89. The third-order valence-electron chi connectivity index (χ3n) is 6.36. The van der Waals surface area contributed by atoms with Crippen molar-refractivity contribution in [1.29, 1.82) is 0 Å². The summed E-state index contributed by atoms with van der Waals surface area (Å²) in [6.07, 6.45) is 3.83. The lowest BCUT2D eigenvalue weighted by atomic mass is 9.77. The highest BCUT2D eigenvalue weighted by Crippen LogP contribution is 2.43. The molecule has 1 saturated heterocycles. The second-order valence-electron chi connectivity index (χ2n) is 8.68. The lowest BCUT2D eigenvalue weighted by Crippen LogP contribution is -2.46. The Hall–Kier alpha value is -1.62. The molecule has 0 spiro atoms. The van der Waals surface area contributed by atoms with Crippen molar-refractivity contribution < 1.29 is 18.7 Å². The van der Waals surface area contributed by atoms with Gasteiger partial charge in [0.25, 0.3) is 0 Å². The number of Topliss-reactive ketones (excluding diaryl/α,β-unsaturated/α-hetero) is 1. The number of carbonyl (C=O) groups is 1. The van der Waals surface area contributed by atoms with Crippen LogP contribution in [0.3, 0.4) is 0 Å². The van der Waals surface area contributed by atoms with E-state index in [1.807, 2.05) is 6.07 Å². The van der Waals surface area contributed by atoms with E-state index >= 15 is 0 Å². The Balaban J connectivity index is 1.74. The molecule has 5 heteroatoms. The van der Waals surface area contributed by atoms with Crippen LogP contribution in [0.2, 0.25) is 0 Å². The van der Waals surface area contributed by atoms with E-state index in [9.17, 15) is 9.18 Å². The third kappa shape index (κ3) is 4.29. The fourth-order valence-electron chi connectivity index (χ4n) is 4.48. The van der Waals surface area contributed by atoms with E-state index in [-0.39, 0.29) is 24.0 Å². The molecule has 2 aliphatic rings. The van der Waals surface area contributed by atoms with E-state index in [0.717, 1.165) is 43.9 Å². The summed E-state index contributed by atoms with van der Waals surface area (Å²) in [5, 5.41) is 0. The summed E-state index contributed by atoms with van der Waals surface area (Å²) in [5.41, 5.74) is 2.41. The number of alkyl halides is 1. The topological polar surface area (TPSA) is 38.8 Å². The maximum Gasteiger partial charge on any atom is 0.161 e. The lowest BCUT2D eigenvalue weighted by molar-refractivity contribution is -0.129. The number of piperidine rings is 1. The fraction of sp³-hybridized carbons (Fsp3) is 0.682. The normalized spacial score (nSPS) is 22.9. The minimum absolute atomic E-state index is 0.0374. The Morgan fingerprint density at radius 3 is 2.56 bits per heavy atom. The summed E-state index contributed by atoms with van der Waals surface area (Å²) >= 11 is 0. The number of hydrogen-bond donors (Lipinski definition) is 0. The van der Waals surface area contributed by atoms with Gasteiger partial charge in [-0.3, -0.25) is 14.1 Å². The molecule has 0 saturated carbocycles. The minimum atomic E-state index is -0.290. The van der Waals surface area contributed by atoms with Crippen LogP contribution in [0.1, 0.15) is 56.7 Å². The largest absolute Gasteiger partial charge is 0.493 e. The lowest BCUT2D eigenvalue weighted by Gasteiger charge is -2.43. The van der Waals surface area contributed by atoms with Crippen LogP contribution in [0.4, 0.5) is 4.39 Å².